The van der Waals surface area contributed by atoms with Crippen LogP contribution in [0.2, 0.25) is 0 Å². The summed E-state index contributed by atoms with van der Waals surface area (Å²) in [6, 6.07) is 13.4. The van der Waals surface area contributed by atoms with E-state index < -0.39 is 6.10 Å². The number of benzene rings is 3. The van der Waals surface area contributed by atoms with Gasteiger partial charge in [0.25, 0.3) is 5.91 Å². The van der Waals surface area contributed by atoms with Gasteiger partial charge in [-0.05, 0) is 88.3 Å². The Bertz CT molecular complexity index is 1660. The highest BCUT2D eigenvalue weighted by Crippen LogP contribution is 2.42. The quantitative estimate of drug-likeness (QED) is 0.227. The Labute approximate surface area is 251 Å². The zero-order chi connectivity index (χ0) is 30.2. The molecule has 6 rings (SSSR count). The van der Waals surface area contributed by atoms with Crippen molar-refractivity contribution in [1.82, 2.24) is 19.8 Å². The molecule has 10 nitrogen and oxygen atoms in total. The van der Waals surface area contributed by atoms with Gasteiger partial charge in [0, 0.05) is 30.4 Å². The van der Waals surface area contributed by atoms with Crippen molar-refractivity contribution < 1.29 is 24.5 Å². The number of nitrogens with one attached hydrogen (secondary N) is 2. The summed E-state index contributed by atoms with van der Waals surface area (Å²) in [4.78, 5) is 25.8. The molecule has 0 radical (unpaired) electrons. The van der Waals surface area contributed by atoms with Gasteiger partial charge in [0.05, 0.1) is 23.7 Å². The highest BCUT2D eigenvalue weighted by Gasteiger charge is 2.34. The maximum Gasteiger partial charge on any atom is 0.254 e. The zero-order valence-electron chi connectivity index (χ0n) is 25.1. The topological polar surface area (TPSA) is 123 Å². The molecule has 0 saturated carbocycles. The second-order valence-electron chi connectivity index (χ2n) is 11.7. The van der Waals surface area contributed by atoms with Crippen molar-refractivity contribution in [1.29, 1.82) is 0 Å². The SMILES string of the molecule is COc1ccc(NCC(O)COc2ccc(C)cc2C)c(-c2nc3cc4c(cc3[nH]2)CN(C2CCN(C)CC2)C4=O)c1O. The lowest BCUT2D eigenvalue weighted by molar-refractivity contribution is 0.0617. The molecule has 0 bridgehead atoms. The number of carbonyl (C=O) groups excluding carboxylic acids is 1. The predicted molar refractivity (Wildman–Crippen MR) is 166 cm³/mol. The van der Waals surface area contributed by atoms with Gasteiger partial charge in [-0.25, -0.2) is 4.98 Å². The Morgan fingerprint density at radius 1 is 1.12 bits per heavy atom. The number of rotatable bonds is 9. The summed E-state index contributed by atoms with van der Waals surface area (Å²) < 4.78 is 11.2. The second-order valence-corrected chi connectivity index (χ2v) is 11.7. The number of aromatic hydroxyl groups is 1. The summed E-state index contributed by atoms with van der Waals surface area (Å²) in [6.07, 6.45) is 1.15. The van der Waals surface area contributed by atoms with E-state index in [0.29, 0.717) is 40.4 Å². The normalized spacial score (nSPS) is 16.5. The number of aliphatic hydroxyl groups excluding tert-OH is 1. The van der Waals surface area contributed by atoms with E-state index in [1.165, 1.54) is 7.11 Å². The molecule has 1 unspecified atom stereocenters. The van der Waals surface area contributed by atoms with Gasteiger partial charge in [0.15, 0.2) is 11.5 Å². The predicted octanol–water partition coefficient (Wildman–Crippen LogP) is 4.46. The van der Waals surface area contributed by atoms with Crippen LogP contribution in [0.4, 0.5) is 5.69 Å². The monoisotopic (exact) mass is 585 g/mol. The fourth-order valence-electron chi connectivity index (χ4n) is 6.12. The third-order valence-electron chi connectivity index (χ3n) is 8.56. The number of carbonyl (C=O) groups is 1. The van der Waals surface area contributed by atoms with Gasteiger partial charge in [-0.15, -0.1) is 0 Å². The van der Waals surface area contributed by atoms with Crippen molar-refractivity contribution >= 4 is 22.6 Å². The summed E-state index contributed by atoms with van der Waals surface area (Å²) in [7, 11) is 3.61. The maximum atomic E-state index is 13.4. The maximum absolute atomic E-state index is 13.4. The average molecular weight is 586 g/mol. The van der Waals surface area contributed by atoms with Crippen LogP contribution < -0.4 is 14.8 Å². The average Bonchev–Trinajstić information content (AvgIpc) is 3.54. The minimum atomic E-state index is -0.810. The molecule has 2 aliphatic rings. The number of fused-ring (bicyclic) bond motifs is 2. The van der Waals surface area contributed by atoms with Crippen LogP contribution in [0.25, 0.3) is 22.4 Å². The first-order valence-corrected chi connectivity index (χ1v) is 14.8. The van der Waals surface area contributed by atoms with Crippen LogP contribution in [-0.4, -0.2) is 88.4 Å². The van der Waals surface area contributed by atoms with E-state index in [0.717, 1.165) is 53.9 Å². The number of piperidine rings is 1. The Kier molecular flexibility index (Phi) is 7.89. The van der Waals surface area contributed by atoms with Crippen molar-refractivity contribution in [2.45, 2.75) is 45.4 Å². The number of anilines is 1. The molecule has 1 atom stereocenters. The summed E-state index contributed by atoms with van der Waals surface area (Å²) in [5, 5.41) is 25.1. The van der Waals surface area contributed by atoms with Crippen LogP contribution >= 0.6 is 0 Å². The number of aryl methyl sites for hydroxylation is 2. The van der Waals surface area contributed by atoms with Crippen LogP contribution in [0.3, 0.4) is 0 Å². The Morgan fingerprint density at radius 2 is 1.88 bits per heavy atom. The molecule has 1 amide bonds. The number of aliphatic hydroxyl groups is 1. The molecule has 0 aliphatic carbocycles. The first-order valence-electron chi connectivity index (χ1n) is 14.8. The molecule has 0 spiro atoms. The molecule has 3 aromatic carbocycles. The van der Waals surface area contributed by atoms with E-state index in [9.17, 15) is 15.0 Å². The van der Waals surface area contributed by atoms with E-state index in [-0.39, 0.29) is 30.9 Å². The Balaban J connectivity index is 1.21. The molecule has 1 fully saturated rings. The number of ether oxygens (including phenoxy) is 2. The minimum Gasteiger partial charge on any atom is -0.504 e. The highest BCUT2D eigenvalue weighted by molar-refractivity contribution is 6.02. The van der Waals surface area contributed by atoms with E-state index in [4.69, 9.17) is 14.5 Å². The lowest BCUT2D eigenvalue weighted by atomic mass is 10.0. The van der Waals surface area contributed by atoms with E-state index in [1.807, 2.05) is 49.1 Å². The number of aromatic amines is 1. The fourth-order valence-corrected chi connectivity index (χ4v) is 6.12. The third-order valence-corrected chi connectivity index (χ3v) is 8.56. The van der Waals surface area contributed by atoms with Gasteiger partial charge in [-0.2, -0.15) is 0 Å². The summed E-state index contributed by atoms with van der Waals surface area (Å²) in [5.74, 6) is 1.43. The smallest absolute Gasteiger partial charge is 0.254 e. The van der Waals surface area contributed by atoms with E-state index >= 15 is 0 Å². The number of nitrogens with zero attached hydrogens (tertiary/aromatic N) is 3. The second kappa shape index (κ2) is 11.8. The van der Waals surface area contributed by atoms with Crippen LogP contribution in [0, 0.1) is 13.8 Å². The molecular weight excluding hydrogens is 546 g/mol. The van der Waals surface area contributed by atoms with Gasteiger partial charge < -0.3 is 39.8 Å². The van der Waals surface area contributed by atoms with E-state index in [1.54, 1.807) is 12.1 Å². The van der Waals surface area contributed by atoms with Crippen LogP contribution in [0.1, 0.15) is 39.9 Å². The van der Waals surface area contributed by atoms with Gasteiger partial charge >= 0.3 is 0 Å². The molecule has 226 valence electrons. The molecule has 4 N–H and O–H groups in total. The lowest BCUT2D eigenvalue weighted by Crippen LogP contribution is -2.43. The number of amides is 1. The van der Waals surface area contributed by atoms with Crippen LogP contribution in [-0.2, 0) is 6.54 Å². The van der Waals surface area contributed by atoms with Crippen molar-refractivity contribution in [2.75, 3.05) is 45.7 Å². The molecular formula is C33H39N5O5. The van der Waals surface area contributed by atoms with Crippen molar-refractivity contribution in [3.63, 3.8) is 0 Å². The molecule has 43 heavy (non-hydrogen) atoms. The zero-order valence-corrected chi connectivity index (χ0v) is 25.1. The number of phenols is 1. The first-order chi connectivity index (χ1) is 20.7. The molecule has 3 heterocycles. The molecule has 1 saturated heterocycles. The van der Waals surface area contributed by atoms with Gasteiger partial charge in [0.1, 0.15) is 24.3 Å². The minimum absolute atomic E-state index is 0.0552. The number of hydrogen-bond donors (Lipinski definition) is 4. The Morgan fingerprint density at radius 3 is 2.63 bits per heavy atom. The number of H-pyrrole nitrogens is 1. The number of likely N-dealkylation sites (tertiary alicyclic amines) is 1. The largest absolute Gasteiger partial charge is 0.504 e. The molecule has 1 aromatic heterocycles. The van der Waals surface area contributed by atoms with Crippen LogP contribution in [0.15, 0.2) is 42.5 Å². The fraction of sp³-hybridized carbons (Fsp3) is 0.394. The van der Waals surface area contributed by atoms with Crippen LogP contribution in [0.5, 0.6) is 17.2 Å². The summed E-state index contributed by atoms with van der Waals surface area (Å²) in [6.45, 7) is 6.86. The van der Waals surface area contributed by atoms with Gasteiger partial charge in [-0.3, -0.25) is 4.79 Å². The number of aromatic nitrogens is 2. The number of imidazole rings is 1. The molecule has 10 heteroatoms. The Hall–Kier alpha value is -4.28. The third kappa shape index (κ3) is 5.72. The van der Waals surface area contributed by atoms with Crippen molar-refractivity contribution in [2.24, 2.45) is 0 Å². The van der Waals surface area contributed by atoms with Crippen molar-refractivity contribution in [3.05, 3.63) is 64.7 Å². The first kappa shape index (κ1) is 28.8. The summed E-state index contributed by atoms with van der Waals surface area (Å²) >= 11 is 0. The number of hydrogen-bond acceptors (Lipinski definition) is 8. The standard InChI is InChI=1S/C33H39N5O5/c1-19-5-7-28(20(2)13-19)43-18-23(39)16-34-25-6-8-29(42-4)31(40)30(25)32-35-26-14-21-17-38(22-9-11-37(3)12-10-22)33(41)24(21)15-27(26)36-32/h5-8,13-15,22-23,34,39-40H,9-12,16-18H2,1-4H3,(H,35,36). The van der Waals surface area contributed by atoms with E-state index in [2.05, 4.69) is 22.2 Å². The highest BCUT2D eigenvalue weighted by atomic mass is 16.5. The number of methoxy groups -OCH3 is 1. The van der Waals surface area contributed by atoms with Gasteiger partial charge in [0.2, 0.25) is 0 Å². The lowest BCUT2D eigenvalue weighted by Gasteiger charge is -2.34. The molecule has 2 aliphatic heterocycles. The molecule has 4 aromatic rings. The number of phenolic OH excluding ortho intramolecular Hbond substituents is 1. The van der Waals surface area contributed by atoms with Crippen molar-refractivity contribution in [3.8, 4) is 28.6 Å². The van der Waals surface area contributed by atoms with Gasteiger partial charge in [-0.1, -0.05) is 17.7 Å². The summed E-state index contributed by atoms with van der Waals surface area (Å²) in [5.41, 5.74) is 6.23.